The molecular weight excluding hydrogens is 296 g/mol. The molecular formula is C16H28N4O3. The highest BCUT2D eigenvalue weighted by atomic mass is 16.2. The summed E-state index contributed by atoms with van der Waals surface area (Å²) in [7, 11) is 1.50. The van der Waals surface area contributed by atoms with Crippen molar-refractivity contribution in [2.24, 2.45) is 28.4 Å². The van der Waals surface area contributed by atoms with Gasteiger partial charge >= 0.3 is 6.03 Å². The molecule has 7 nitrogen and oxygen atoms in total. The van der Waals surface area contributed by atoms with E-state index in [1.165, 1.54) is 7.05 Å². The minimum Gasteiger partial charge on any atom is -0.368 e. The van der Waals surface area contributed by atoms with E-state index < -0.39 is 29.4 Å². The van der Waals surface area contributed by atoms with Crippen molar-refractivity contribution in [2.75, 3.05) is 13.6 Å². The normalized spacial score (nSPS) is 29.5. The Labute approximate surface area is 137 Å². The monoisotopic (exact) mass is 324 g/mol. The van der Waals surface area contributed by atoms with Crippen molar-refractivity contribution in [1.29, 1.82) is 0 Å². The Balaban J connectivity index is 2.23. The van der Waals surface area contributed by atoms with Crippen molar-refractivity contribution < 1.29 is 14.4 Å². The van der Waals surface area contributed by atoms with E-state index in [-0.39, 0.29) is 17.2 Å². The smallest absolute Gasteiger partial charge is 0.315 e. The topological polar surface area (TPSA) is 105 Å². The molecule has 1 aliphatic carbocycles. The Morgan fingerprint density at radius 2 is 1.83 bits per heavy atom. The lowest BCUT2D eigenvalue weighted by atomic mass is 9.85. The Bertz CT molecular complexity index is 538. The number of nitrogens with one attached hydrogen (secondary N) is 2. The van der Waals surface area contributed by atoms with Gasteiger partial charge < -0.3 is 21.3 Å². The van der Waals surface area contributed by atoms with Crippen LogP contribution in [0.5, 0.6) is 0 Å². The van der Waals surface area contributed by atoms with Crippen molar-refractivity contribution in [3.63, 3.8) is 0 Å². The van der Waals surface area contributed by atoms with Gasteiger partial charge in [0.2, 0.25) is 11.8 Å². The zero-order valence-corrected chi connectivity index (χ0v) is 14.8. The molecule has 1 heterocycles. The number of amides is 4. The quantitative estimate of drug-likeness (QED) is 0.695. The number of rotatable bonds is 3. The van der Waals surface area contributed by atoms with E-state index in [1.54, 1.807) is 4.90 Å². The Hall–Kier alpha value is -1.79. The molecule has 1 aliphatic heterocycles. The van der Waals surface area contributed by atoms with Crippen molar-refractivity contribution in [1.82, 2.24) is 15.5 Å². The molecule has 0 aromatic carbocycles. The van der Waals surface area contributed by atoms with E-state index >= 15 is 0 Å². The lowest BCUT2D eigenvalue weighted by molar-refractivity contribution is -0.142. The predicted octanol–water partition coefficient (Wildman–Crippen LogP) is 0.298. The molecule has 23 heavy (non-hydrogen) atoms. The van der Waals surface area contributed by atoms with Gasteiger partial charge in [0, 0.05) is 13.6 Å². The summed E-state index contributed by atoms with van der Waals surface area (Å²) < 4.78 is 0. The number of fused-ring (bicyclic) bond motifs is 1. The molecule has 1 saturated heterocycles. The summed E-state index contributed by atoms with van der Waals surface area (Å²) in [6.07, 6.45) is 0. The van der Waals surface area contributed by atoms with Crippen molar-refractivity contribution >= 4 is 17.8 Å². The lowest BCUT2D eigenvalue weighted by Crippen LogP contribution is -2.59. The van der Waals surface area contributed by atoms with Crippen LogP contribution in [0.15, 0.2) is 0 Å². The molecule has 7 heteroatoms. The molecule has 2 rings (SSSR count). The van der Waals surface area contributed by atoms with Gasteiger partial charge in [-0.15, -0.1) is 0 Å². The van der Waals surface area contributed by atoms with E-state index in [0.717, 1.165) is 0 Å². The second-order valence-corrected chi connectivity index (χ2v) is 8.31. The standard InChI is InChI=1S/C16H28N4O3/c1-15(2,3)11(19-14(23)18-6)13(22)20-7-8-9(16(8,4)5)10(20)12(17)21/h8-11H,7H2,1-6H3,(H2,17,21)(H2,18,19,23)/t8?,9?,10?,11-/m1/s1. The highest BCUT2D eigenvalue weighted by Gasteiger charge is 2.69. The maximum absolute atomic E-state index is 13.0. The van der Waals surface area contributed by atoms with Gasteiger partial charge in [0.05, 0.1) is 0 Å². The number of urea groups is 1. The SMILES string of the molecule is CNC(=O)N[C@H](C(=O)N1CC2C(C1C(N)=O)C2(C)C)C(C)(C)C. The summed E-state index contributed by atoms with van der Waals surface area (Å²) in [5.41, 5.74) is 5.13. The van der Waals surface area contributed by atoms with Crippen LogP contribution in [0.3, 0.4) is 0 Å². The maximum atomic E-state index is 13.0. The van der Waals surface area contributed by atoms with Crippen LogP contribution in [0.1, 0.15) is 34.6 Å². The minimum atomic E-state index is -0.718. The van der Waals surface area contributed by atoms with Gasteiger partial charge in [0.15, 0.2) is 0 Å². The third-order valence-corrected chi connectivity index (χ3v) is 5.40. The fourth-order valence-corrected chi connectivity index (χ4v) is 3.86. The molecule has 2 fully saturated rings. The van der Waals surface area contributed by atoms with Crippen LogP contribution in [0.25, 0.3) is 0 Å². The number of carbonyl (C=O) groups is 3. The number of carbonyl (C=O) groups excluding carboxylic acids is 3. The van der Waals surface area contributed by atoms with E-state index in [2.05, 4.69) is 24.5 Å². The zero-order valence-electron chi connectivity index (χ0n) is 14.8. The number of hydrogen-bond donors (Lipinski definition) is 3. The van der Waals surface area contributed by atoms with E-state index in [9.17, 15) is 14.4 Å². The van der Waals surface area contributed by atoms with Gasteiger partial charge in [-0.25, -0.2) is 4.79 Å². The summed E-state index contributed by atoms with van der Waals surface area (Å²) >= 11 is 0. The van der Waals surface area contributed by atoms with Crippen LogP contribution in [0.4, 0.5) is 4.79 Å². The molecule has 0 spiro atoms. The van der Waals surface area contributed by atoms with Gasteiger partial charge in [-0.1, -0.05) is 34.6 Å². The Kier molecular flexibility index (Phi) is 4.11. The average molecular weight is 324 g/mol. The van der Waals surface area contributed by atoms with Crippen molar-refractivity contribution in [3.05, 3.63) is 0 Å². The first-order chi connectivity index (χ1) is 10.4. The number of primary amides is 1. The van der Waals surface area contributed by atoms with E-state index in [0.29, 0.717) is 12.5 Å². The fourth-order valence-electron chi connectivity index (χ4n) is 3.86. The first-order valence-electron chi connectivity index (χ1n) is 8.01. The summed E-state index contributed by atoms with van der Waals surface area (Å²) in [5, 5.41) is 5.16. The van der Waals surface area contributed by atoms with Gasteiger partial charge in [0.25, 0.3) is 0 Å². The largest absolute Gasteiger partial charge is 0.368 e. The molecule has 4 amide bonds. The molecule has 0 radical (unpaired) electrons. The van der Waals surface area contributed by atoms with Gasteiger partial charge in [0.1, 0.15) is 12.1 Å². The average Bonchev–Trinajstić information content (AvgIpc) is 2.81. The van der Waals surface area contributed by atoms with E-state index in [1.807, 2.05) is 20.8 Å². The van der Waals surface area contributed by atoms with Crippen LogP contribution >= 0.6 is 0 Å². The molecule has 0 bridgehead atoms. The number of likely N-dealkylation sites (tertiary alicyclic amines) is 1. The first kappa shape index (κ1) is 17.6. The lowest BCUT2D eigenvalue weighted by Gasteiger charge is -2.37. The summed E-state index contributed by atoms with van der Waals surface area (Å²) in [6, 6.07) is -1.72. The molecule has 2 aliphatic rings. The van der Waals surface area contributed by atoms with Gasteiger partial charge in [-0.2, -0.15) is 0 Å². The third kappa shape index (κ3) is 2.88. The molecule has 3 unspecified atom stereocenters. The minimum absolute atomic E-state index is 0.0436. The van der Waals surface area contributed by atoms with Gasteiger partial charge in [-0.3, -0.25) is 9.59 Å². The molecule has 4 N–H and O–H groups in total. The zero-order chi connectivity index (χ0) is 17.7. The Morgan fingerprint density at radius 3 is 2.26 bits per heavy atom. The number of nitrogens with two attached hydrogens (primary N) is 1. The molecule has 4 atom stereocenters. The maximum Gasteiger partial charge on any atom is 0.315 e. The van der Waals surface area contributed by atoms with Crippen LogP contribution in [0.2, 0.25) is 0 Å². The molecule has 130 valence electrons. The summed E-state index contributed by atoms with van der Waals surface area (Å²) in [5.74, 6) is -0.300. The highest BCUT2D eigenvalue weighted by Crippen LogP contribution is 2.64. The van der Waals surface area contributed by atoms with Crippen molar-refractivity contribution in [3.8, 4) is 0 Å². The number of piperidine rings is 1. The fraction of sp³-hybridized carbons (Fsp3) is 0.812. The van der Waals surface area contributed by atoms with E-state index in [4.69, 9.17) is 5.73 Å². The van der Waals surface area contributed by atoms with Crippen molar-refractivity contribution in [2.45, 2.75) is 46.7 Å². The Morgan fingerprint density at radius 1 is 1.26 bits per heavy atom. The number of hydrogen-bond acceptors (Lipinski definition) is 3. The highest BCUT2D eigenvalue weighted by molar-refractivity contribution is 5.93. The third-order valence-electron chi connectivity index (χ3n) is 5.40. The summed E-state index contributed by atoms with van der Waals surface area (Å²) in [4.78, 5) is 38.2. The van der Waals surface area contributed by atoms with Gasteiger partial charge in [-0.05, 0) is 22.7 Å². The van der Waals surface area contributed by atoms with Crippen LogP contribution in [-0.2, 0) is 9.59 Å². The summed E-state index contributed by atoms with van der Waals surface area (Å²) in [6.45, 7) is 10.4. The first-order valence-corrected chi connectivity index (χ1v) is 8.01. The predicted molar refractivity (Wildman–Crippen MR) is 86.3 cm³/mol. The second-order valence-electron chi connectivity index (χ2n) is 8.31. The van der Waals surface area contributed by atoms with Crippen LogP contribution in [0, 0.1) is 22.7 Å². The molecule has 0 aromatic heterocycles. The molecule has 1 saturated carbocycles. The number of nitrogens with zero attached hydrogens (tertiary/aromatic N) is 1. The molecule has 0 aromatic rings. The second kappa shape index (κ2) is 5.39. The van der Waals surface area contributed by atoms with Crippen LogP contribution < -0.4 is 16.4 Å². The van der Waals surface area contributed by atoms with Crippen LogP contribution in [-0.4, -0.2) is 48.4 Å².